The number of hydrogen-bond donors (Lipinski definition) is 3. The summed E-state index contributed by atoms with van der Waals surface area (Å²) in [7, 11) is 1.56. The number of alkyl carbamates (subject to hydrolysis) is 1. The number of thiophene rings is 1. The summed E-state index contributed by atoms with van der Waals surface area (Å²) in [5.41, 5.74) is -0.548. The molecule has 4 heterocycles. The van der Waals surface area contributed by atoms with Gasteiger partial charge in [-0.15, -0.1) is 11.3 Å². The Morgan fingerprint density at radius 2 is 1.94 bits per heavy atom. The molecule has 2 aromatic heterocycles. The molecule has 0 spiro atoms. The number of amides is 3. The summed E-state index contributed by atoms with van der Waals surface area (Å²) in [4.78, 5) is 65.7. The molecule has 0 bridgehead atoms. The minimum atomic E-state index is -1.45. The Kier molecular flexibility index (Phi) is 10.0. The molecule has 3 unspecified atom stereocenters. The Bertz CT molecular complexity index is 1790. The minimum absolute atomic E-state index is 0.00543. The number of carboxylic acid groups (broad SMARTS) is 1. The smallest absolute Gasteiger partial charge is 0.408 e. The number of nitrogens with one attached hydrogen (secondary N) is 2. The highest BCUT2D eigenvalue weighted by Gasteiger charge is 2.61. The third-order valence-corrected chi connectivity index (χ3v) is 10.1. The zero-order chi connectivity index (χ0) is 35.6. The van der Waals surface area contributed by atoms with Gasteiger partial charge in [0.15, 0.2) is 0 Å². The zero-order valence-corrected chi connectivity index (χ0v) is 29.5. The van der Waals surface area contributed by atoms with Crippen LogP contribution in [0.4, 0.5) is 4.79 Å². The van der Waals surface area contributed by atoms with Crippen molar-refractivity contribution < 1.29 is 38.5 Å². The number of allylic oxidation sites excluding steroid dienone is 1. The molecular formula is C36H43N5O8S. The molecule has 1 saturated heterocycles. The number of carbonyl (C=O) groups excluding carboxylic acids is 3. The minimum Gasteiger partial charge on any atom is -0.497 e. The number of methoxy groups -OCH3 is 1. The molecular weight excluding hydrogens is 662 g/mol. The van der Waals surface area contributed by atoms with Crippen LogP contribution >= 0.6 is 11.3 Å². The highest BCUT2D eigenvalue weighted by molar-refractivity contribution is 7.13. The second-order valence-corrected chi connectivity index (χ2v) is 15.0. The molecule has 1 aromatic carbocycles. The third kappa shape index (κ3) is 7.69. The van der Waals surface area contributed by atoms with Crippen LogP contribution in [-0.4, -0.2) is 86.8 Å². The van der Waals surface area contributed by atoms with Gasteiger partial charge >= 0.3 is 12.1 Å². The Labute approximate surface area is 294 Å². The number of rotatable bonds is 6. The molecule has 5 atom stereocenters. The maximum Gasteiger partial charge on any atom is 0.408 e. The fourth-order valence-corrected chi connectivity index (χ4v) is 7.26. The summed E-state index contributed by atoms with van der Waals surface area (Å²) in [6.07, 6.45) is 6.04. The monoisotopic (exact) mass is 705 g/mol. The van der Waals surface area contributed by atoms with Crippen LogP contribution in [0.1, 0.15) is 65.7 Å². The van der Waals surface area contributed by atoms with Crippen molar-refractivity contribution in [1.82, 2.24) is 25.5 Å². The lowest BCUT2D eigenvalue weighted by molar-refractivity contribution is -0.145. The molecule has 2 fully saturated rings. The van der Waals surface area contributed by atoms with Crippen molar-refractivity contribution in [2.75, 3.05) is 13.7 Å². The van der Waals surface area contributed by atoms with E-state index in [-0.39, 0.29) is 31.2 Å². The number of carbonyl (C=O) groups is 4. The molecule has 2 aliphatic heterocycles. The molecule has 266 valence electrons. The Hall–Kier alpha value is -4.72. The average molecular weight is 706 g/mol. The molecule has 14 heteroatoms. The number of ether oxygens (including phenoxy) is 3. The van der Waals surface area contributed by atoms with Gasteiger partial charge in [-0.2, -0.15) is 0 Å². The SMILES string of the molecule is COc1ccc2nc(-c3cccs3)c(O[C@@H]3CC4C(=O)NC5(C(=O)O)CC5/C=C\CCCCC[C@H](NC(=O)OC(C)(C)C)C(=O)N4C3)nc2c1. The highest BCUT2D eigenvalue weighted by Crippen LogP contribution is 2.45. The second-order valence-electron chi connectivity index (χ2n) is 14.0. The lowest BCUT2D eigenvalue weighted by atomic mass is 10.0. The maximum absolute atomic E-state index is 14.4. The second kappa shape index (κ2) is 14.3. The summed E-state index contributed by atoms with van der Waals surface area (Å²) < 4.78 is 17.4. The van der Waals surface area contributed by atoms with Crippen molar-refractivity contribution in [1.29, 1.82) is 0 Å². The van der Waals surface area contributed by atoms with Crippen molar-refractivity contribution in [2.45, 2.75) is 95.0 Å². The molecule has 3 aromatic rings. The van der Waals surface area contributed by atoms with Crippen LogP contribution in [0.5, 0.6) is 11.6 Å². The van der Waals surface area contributed by atoms with Gasteiger partial charge in [-0.3, -0.25) is 9.59 Å². The van der Waals surface area contributed by atoms with Crippen molar-refractivity contribution in [3.05, 3.63) is 47.9 Å². The van der Waals surface area contributed by atoms with Gasteiger partial charge in [0.1, 0.15) is 40.8 Å². The van der Waals surface area contributed by atoms with E-state index in [1.807, 2.05) is 35.7 Å². The van der Waals surface area contributed by atoms with Gasteiger partial charge in [-0.25, -0.2) is 19.6 Å². The van der Waals surface area contributed by atoms with E-state index >= 15 is 0 Å². The van der Waals surface area contributed by atoms with E-state index in [4.69, 9.17) is 24.2 Å². The fraction of sp³-hybridized carbons (Fsp3) is 0.500. The molecule has 3 N–H and O–H groups in total. The largest absolute Gasteiger partial charge is 0.497 e. The normalized spacial score (nSPS) is 26.4. The van der Waals surface area contributed by atoms with Crippen LogP contribution in [0.2, 0.25) is 0 Å². The van der Waals surface area contributed by atoms with Crippen molar-refractivity contribution in [3.63, 3.8) is 0 Å². The Morgan fingerprint density at radius 1 is 1.12 bits per heavy atom. The molecule has 0 radical (unpaired) electrons. The number of carboxylic acids is 1. The van der Waals surface area contributed by atoms with Gasteiger partial charge in [-0.1, -0.05) is 31.1 Å². The first-order valence-electron chi connectivity index (χ1n) is 17.0. The van der Waals surface area contributed by atoms with Gasteiger partial charge in [0.25, 0.3) is 0 Å². The number of benzene rings is 1. The number of hydrogen-bond acceptors (Lipinski definition) is 10. The molecule has 50 heavy (non-hydrogen) atoms. The molecule has 3 amide bonds. The van der Waals surface area contributed by atoms with E-state index in [9.17, 15) is 24.3 Å². The van der Waals surface area contributed by atoms with E-state index in [2.05, 4.69) is 10.6 Å². The lowest BCUT2D eigenvalue weighted by Crippen LogP contribution is -2.56. The predicted octanol–water partition coefficient (Wildman–Crippen LogP) is 5.09. The first kappa shape index (κ1) is 35.1. The van der Waals surface area contributed by atoms with Crippen LogP contribution in [-0.2, 0) is 19.1 Å². The van der Waals surface area contributed by atoms with Gasteiger partial charge in [0.2, 0.25) is 17.7 Å². The first-order chi connectivity index (χ1) is 23.9. The maximum atomic E-state index is 14.4. The van der Waals surface area contributed by atoms with Gasteiger partial charge < -0.3 is 34.9 Å². The standard InChI is InChI=1S/C36H43N5O8S/c1-35(2,3)49-34(46)39-25-12-9-7-5-6-8-11-21-19-36(21,33(44)45)40-30(42)27-18-23(20-41(27)32(25)43)48-31-29(28-13-10-16-50-28)37-24-15-14-22(47-4)17-26(24)38-31/h8,10-11,13-17,21,23,25,27H,5-7,9,12,18-20H2,1-4H3,(H,39,46)(H,40,42)(H,44,45)/b11-8-/t21?,23-,25+,27?,36?/m1/s1. The van der Waals surface area contributed by atoms with E-state index in [1.54, 1.807) is 40.0 Å². The van der Waals surface area contributed by atoms with Crippen LogP contribution in [0.15, 0.2) is 47.9 Å². The molecule has 13 nitrogen and oxygen atoms in total. The Balaban J connectivity index is 1.34. The van der Waals surface area contributed by atoms with Crippen LogP contribution in [0.25, 0.3) is 21.6 Å². The van der Waals surface area contributed by atoms with E-state index in [0.29, 0.717) is 35.3 Å². The van der Waals surface area contributed by atoms with Crippen LogP contribution in [0, 0.1) is 5.92 Å². The molecule has 6 rings (SSSR count). The van der Waals surface area contributed by atoms with Crippen LogP contribution < -0.4 is 20.1 Å². The van der Waals surface area contributed by atoms with Gasteiger partial charge in [0, 0.05) is 18.4 Å². The topological polar surface area (TPSA) is 169 Å². The van der Waals surface area contributed by atoms with Crippen molar-refractivity contribution >= 4 is 46.2 Å². The number of aliphatic carboxylic acids is 1. The van der Waals surface area contributed by atoms with E-state index in [1.165, 1.54) is 16.2 Å². The highest BCUT2D eigenvalue weighted by atomic mass is 32.1. The lowest BCUT2D eigenvalue weighted by Gasteiger charge is -2.30. The number of aromatic nitrogens is 2. The predicted molar refractivity (Wildman–Crippen MR) is 186 cm³/mol. The van der Waals surface area contributed by atoms with Crippen molar-refractivity contribution in [2.24, 2.45) is 5.92 Å². The quantitative estimate of drug-likeness (QED) is 0.294. The number of fused-ring (bicyclic) bond motifs is 3. The molecule has 1 saturated carbocycles. The van der Waals surface area contributed by atoms with E-state index < -0.39 is 53.2 Å². The third-order valence-electron chi connectivity index (χ3n) is 9.18. The average Bonchev–Trinajstić information content (AvgIpc) is 3.37. The van der Waals surface area contributed by atoms with Crippen molar-refractivity contribution in [3.8, 4) is 22.2 Å². The van der Waals surface area contributed by atoms with Gasteiger partial charge in [0.05, 0.1) is 29.6 Å². The summed E-state index contributed by atoms with van der Waals surface area (Å²) >= 11 is 1.47. The summed E-state index contributed by atoms with van der Waals surface area (Å²) in [5.74, 6) is -1.72. The zero-order valence-electron chi connectivity index (χ0n) is 28.6. The molecule has 3 aliphatic rings. The van der Waals surface area contributed by atoms with Crippen LogP contribution in [0.3, 0.4) is 0 Å². The summed E-state index contributed by atoms with van der Waals surface area (Å²) in [6.45, 7) is 5.21. The first-order valence-corrected chi connectivity index (χ1v) is 17.8. The fourth-order valence-electron chi connectivity index (χ4n) is 6.56. The summed E-state index contributed by atoms with van der Waals surface area (Å²) in [6, 6.07) is 7.13. The van der Waals surface area contributed by atoms with Gasteiger partial charge in [-0.05, 0) is 70.0 Å². The summed E-state index contributed by atoms with van der Waals surface area (Å²) in [5, 5.41) is 17.6. The van der Waals surface area contributed by atoms with E-state index in [0.717, 1.165) is 24.1 Å². The Morgan fingerprint density at radius 3 is 2.66 bits per heavy atom. The molecule has 1 aliphatic carbocycles. The number of nitrogens with zero attached hydrogens (tertiary/aromatic N) is 3.